The lowest BCUT2D eigenvalue weighted by Gasteiger charge is -2.09. The number of methoxy groups -OCH3 is 1. The first-order chi connectivity index (χ1) is 13.6. The molecule has 1 aromatic carbocycles. The fraction of sp³-hybridized carbons (Fsp3) is 0.211. The number of anilines is 2. The summed E-state index contributed by atoms with van der Waals surface area (Å²) in [4.78, 5) is 27.2. The Kier molecular flexibility index (Phi) is 6.20. The summed E-state index contributed by atoms with van der Waals surface area (Å²) in [6.45, 7) is 0.710. The number of fused-ring (bicyclic) bond motifs is 1. The van der Waals surface area contributed by atoms with Crippen molar-refractivity contribution in [3.63, 3.8) is 0 Å². The largest absolute Gasteiger partial charge is 0.465 e. The van der Waals surface area contributed by atoms with Crippen LogP contribution in [0.25, 0.3) is 16.9 Å². The molecule has 0 radical (unpaired) electrons. The SMILES string of the molecule is COCCOCC(=O)Nc1cccc(-c2cnc3ccc(NC(=O)O)cn23)c1. The van der Waals surface area contributed by atoms with Crippen molar-refractivity contribution in [1.82, 2.24) is 9.38 Å². The molecule has 2 amide bonds. The number of carbonyl (C=O) groups excluding carboxylic acids is 1. The molecule has 28 heavy (non-hydrogen) atoms. The summed E-state index contributed by atoms with van der Waals surface area (Å²) < 4.78 is 11.8. The van der Waals surface area contributed by atoms with Crippen molar-refractivity contribution in [2.75, 3.05) is 37.6 Å². The number of amides is 2. The Morgan fingerprint density at radius 2 is 2.00 bits per heavy atom. The third-order valence-electron chi connectivity index (χ3n) is 3.86. The summed E-state index contributed by atoms with van der Waals surface area (Å²) in [6, 6.07) is 10.6. The average molecular weight is 384 g/mol. The second-order valence-electron chi connectivity index (χ2n) is 5.89. The van der Waals surface area contributed by atoms with E-state index in [9.17, 15) is 9.59 Å². The molecule has 0 aliphatic heterocycles. The molecule has 0 saturated heterocycles. The lowest BCUT2D eigenvalue weighted by atomic mass is 10.1. The molecule has 3 aromatic rings. The molecule has 2 heterocycles. The zero-order valence-electron chi connectivity index (χ0n) is 15.2. The van der Waals surface area contributed by atoms with Crippen LogP contribution >= 0.6 is 0 Å². The van der Waals surface area contributed by atoms with Gasteiger partial charge in [-0.1, -0.05) is 12.1 Å². The molecule has 2 aromatic heterocycles. The maximum absolute atomic E-state index is 12.0. The van der Waals surface area contributed by atoms with Crippen molar-refractivity contribution in [3.05, 3.63) is 48.8 Å². The predicted octanol–water partition coefficient (Wildman–Crippen LogP) is 2.69. The number of rotatable bonds is 8. The molecule has 9 nitrogen and oxygen atoms in total. The maximum Gasteiger partial charge on any atom is 0.409 e. The minimum atomic E-state index is -1.14. The molecule has 0 aliphatic carbocycles. The second-order valence-corrected chi connectivity index (χ2v) is 5.89. The van der Waals surface area contributed by atoms with Crippen molar-refractivity contribution in [2.45, 2.75) is 0 Å². The van der Waals surface area contributed by atoms with Crippen LogP contribution in [0.2, 0.25) is 0 Å². The van der Waals surface area contributed by atoms with Crippen LogP contribution in [0.1, 0.15) is 0 Å². The summed E-state index contributed by atoms with van der Waals surface area (Å²) in [5.74, 6) is -0.265. The quantitative estimate of drug-likeness (QED) is 0.515. The van der Waals surface area contributed by atoms with Crippen LogP contribution in [0.5, 0.6) is 0 Å². The Morgan fingerprint density at radius 3 is 2.79 bits per heavy atom. The number of aromatic nitrogens is 2. The van der Waals surface area contributed by atoms with Gasteiger partial charge in [0.2, 0.25) is 5.91 Å². The summed E-state index contributed by atoms with van der Waals surface area (Å²) in [7, 11) is 1.57. The molecule has 0 fully saturated rings. The van der Waals surface area contributed by atoms with E-state index in [-0.39, 0.29) is 12.5 Å². The number of benzene rings is 1. The van der Waals surface area contributed by atoms with Crippen LogP contribution in [0.4, 0.5) is 16.2 Å². The number of nitrogens with zero attached hydrogens (tertiary/aromatic N) is 2. The van der Waals surface area contributed by atoms with Crippen LogP contribution < -0.4 is 10.6 Å². The number of ether oxygens (including phenoxy) is 2. The molecule has 0 aliphatic rings. The molecule has 3 rings (SSSR count). The molecular formula is C19H20N4O5. The van der Waals surface area contributed by atoms with Gasteiger partial charge in [0.1, 0.15) is 12.3 Å². The third kappa shape index (κ3) is 4.84. The maximum atomic E-state index is 12.0. The molecule has 0 bridgehead atoms. The van der Waals surface area contributed by atoms with E-state index in [1.54, 1.807) is 42.1 Å². The van der Waals surface area contributed by atoms with Gasteiger partial charge in [0.25, 0.3) is 0 Å². The number of carbonyl (C=O) groups is 2. The lowest BCUT2D eigenvalue weighted by molar-refractivity contribution is -0.121. The standard InChI is InChI=1S/C19H20N4O5/c1-27-7-8-28-12-18(24)21-14-4-2-3-13(9-14)16-10-20-17-6-5-15(11-23(16)17)22-19(25)26/h2-6,9-11,22H,7-8,12H2,1H3,(H,21,24)(H,25,26). The third-order valence-corrected chi connectivity index (χ3v) is 3.86. The minimum absolute atomic E-state index is 0.0621. The molecule has 3 N–H and O–H groups in total. The molecule has 9 heteroatoms. The van der Waals surface area contributed by atoms with E-state index >= 15 is 0 Å². The van der Waals surface area contributed by atoms with E-state index in [1.165, 1.54) is 0 Å². The van der Waals surface area contributed by atoms with Crippen LogP contribution in [0, 0.1) is 0 Å². The number of nitrogens with one attached hydrogen (secondary N) is 2. The predicted molar refractivity (Wildman–Crippen MR) is 104 cm³/mol. The zero-order chi connectivity index (χ0) is 19.9. The van der Waals surface area contributed by atoms with Crippen molar-refractivity contribution in [3.8, 4) is 11.3 Å². The monoisotopic (exact) mass is 384 g/mol. The number of pyridine rings is 1. The topological polar surface area (TPSA) is 114 Å². The summed E-state index contributed by atoms with van der Waals surface area (Å²) in [6.07, 6.45) is 2.20. The molecule has 0 unspecified atom stereocenters. The van der Waals surface area contributed by atoms with E-state index in [2.05, 4.69) is 15.6 Å². The Morgan fingerprint density at radius 1 is 1.14 bits per heavy atom. The first kappa shape index (κ1) is 19.3. The second kappa shape index (κ2) is 8.98. The molecular weight excluding hydrogens is 364 g/mol. The Bertz CT molecular complexity index is 985. The normalized spacial score (nSPS) is 10.8. The van der Waals surface area contributed by atoms with E-state index in [0.717, 1.165) is 11.3 Å². The highest BCUT2D eigenvalue weighted by atomic mass is 16.5. The van der Waals surface area contributed by atoms with Gasteiger partial charge in [-0.3, -0.25) is 14.5 Å². The Hall–Kier alpha value is -3.43. The highest BCUT2D eigenvalue weighted by Crippen LogP contribution is 2.25. The molecule has 0 saturated carbocycles. The number of hydrogen-bond acceptors (Lipinski definition) is 5. The number of hydrogen-bond donors (Lipinski definition) is 3. The van der Waals surface area contributed by atoms with Crippen molar-refractivity contribution in [2.24, 2.45) is 0 Å². The highest BCUT2D eigenvalue weighted by molar-refractivity contribution is 5.92. The fourth-order valence-electron chi connectivity index (χ4n) is 2.65. The summed E-state index contributed by atoms with van der Waals surface area (Å²) >= 11 is 0. The van der Waals surface area contributed by atoms with Crippen LogP contribution in [-0.2, 0) is 14.3 Å². The van der Waals surface area contributed by atoms with Gasteiger partial charge in [-0.15, -0.1) is 0 Å². The van der Waals surface area contributed by atoms with E-state index in [4.69, 9.17) is 14.6 Å². The average Bonchev–Trinajstić information content (AvgIpc) is 3.08. The first-order valence-electron chi connectivity index (χ1n) is 8.51. The van der Waals surface area contributed by atoms with Gasteiger partial charge in [0.15, 0.2) is 0 Å². The van der Waals surface area contributed by atoms with Gasteiger partial charge in [-0.2, -0.15) is 0 Å². The number of imidazole rings is 1. The van der Waals surface area contributed by atoms with Gasteiger partial charge < -0.3 is 19.9 Å². The zero-order valence-corrected chi connectivity index (χ0v) is 15.2. The Labute approximate surface area is 160 Å². The highest BCUT2D eigenvalue weighted by Gasteiger charge is 2.09. The van der Waals surface area contributed by atoms with Gasteiger partial charge in [-0.05, 0) is 24.3 Å². The first-order valence-corrected chi connectivity index (χ1v) is 8.51. The van der Waals surface area contributed by atoms with Crippen LogP contribution in [0.15, 0.2) is 48.8 Å². The van der Waals surface area contributed by atoms with Crippen LogP contribution in [0.3, 0.4) is 0 Å². The molecule has 0 spiro atoms. The summed E-state index contributed by atoms with van der Waals surface area (Å²) in [5, 5.41) is 14.0. The van der Waals surface area contributed by atoms with E-state index < -0.39 is 6.09 Å². The van der Waals surface area contributed by atoms with Crippen molar-refractivity contribution >= 4 is 29.0 Å². The Balaban J connectivity index is 1.78. The van der Waals surface area contributed by atoms with Crippen LogP contribution in [-0.4, -0.2) is 53.4 Å². The van der Waals surface area contributed by atoms with Gasteiger partial charge in [-0.25, -0.2) is 9.78 Å². The minimum Gasteiger partial charge on any atom is -0.465 e. The van der Waals surface area contributed by atoms with Crippen molar-refractivity contribution in [1.29, 1.82) is 0 Å². The van der Waals surface area contributed by atoms with E-state index in [0.29, 0.717) is 30.2 Å². The van der Waals surface area contributed by atoms with Crippen molar-refractivity contribution < 1.29 is 24.2 Å². The number of carboxylic acid groups (broad SMARTS) is 1. The molecule has 146 valence electrons. The van der Waals surface area contributed by atoms with Gasteiger partial charge >= 0.3 is 6.09 Å². The smallest absolute Gasteiger partial charge is 0.409 e. The van der Waals surface area contributed by atoms with E-state index in [1.807, 2.05) is 18.2 Å². The molecule has 0 atom stereocenters. The fourth-order valence-corrected chi connectivity index (χ4v) is 2.65. The van der Waals surface area contributed by atoms with Gasteiger partial charge in [0, 0.05) is 24.6 Å². The van der Waals surface area contributed by atoms with Gasteiger partial charge in [0.05, 0.1) is 30.8 Å². The lowest BCUT2D eigenvalue weighted by Crippen LogP contribution is -2.19. The summed E-state index contributed by atoms with van der Waals surface area (Å²) in [5.41, 5.74) is 3.30.